The average Bonchev–Trinajstić information content (AvgIpc) is 2.42. The van der Waals surface area contributed by atoms with Gasteiger partial charge in [0.05, 0.1) is 0 Å². The molecule has 0 aliphatic heterocycles. The number of hydrogen-bond donors (Lipinski definition) is 0. The van der Waals surface area contributed by atoms with Crippen LogP contribution in [-0.2, 0) is 0 Å². The number of hydrogen-bond acceptors (Lipinski definition) is 1. The summed E-state index contributed by atoms with van der Waals surface area (Å²) < 4.78 is 0. The zero-order valence-corrected chi connectivity index (χ0v) is 10.9. The van der Waals surface area contributed by atoms with E-state index in [-0.39, 0.29) is 0 Å². The molecule has 0 amide bonds. The van der Waals surface area contributed by atoms with Gasteiger partial charge in [0.2, 0.25) is 0 Å². The molecule has 1 aliphatic rings. The van der Waals surface area contributed by atoms with Gasteiger partial charge in [0.1, 0.15) is 5.84 Å². The molecule has 0 unspecified atom stereocenters. The second kappa shape index (κ2) is 5.85. The normalized spacial score (nSPS) is 18.1. The van der Waals surface area contributed by atoms with E-state index in [1.165, 1.54) is 37.7 Å². The fourth-order valence-electron chi connectivity index (χ4n) is 2.72. The van der Waals surface area contributed by atoms with Crippen molar-refractivity contribution < 1.29 is 0 Å². The summed E-state index contributed by atoms with van der Waals surface area (Å²) in [5, 5.41) is 0. The summed E-state index contributed by atoms with van der Waals surface area (Å²) in [6.45, 7) is 0. The zero-order valence-electron chi connectivity index (χ0n) is 10.9. The van der Waals surface area contributed by atoms with Crippen molar-refractivity contribution >= 4 is 5.84 Å². The Morgan fingerprint density at radius 1 is 1.12 bits per heavy atom. The number of aliphatic imine (C=N–C) groups is 1. The van der Waals surface area contributed by atoms with Crippen molar-refractivity contribution in [2.45, 2.75) is 38.1 Å². The van der Waals surface area contributed by atoms with Crippen molar-refractivity contribution in [2.24, 2.45) is 4.99 Å². The molecular formula is C15H22N2. The molecule has 2 rings (SSSR count). The van der Waals surface area contributed by atoms with E-state index in [4.69, 9.17) is 0 Å². The minimum atomic E-state index is 0.669. The summed E-state index contributed by atoms with van der Waals surface area (Å²) in [5.74, 6) is 1.12. The zero-order chi connectivity index (χ0) is 12.1. The van der Waals surface area contributed by atoms with Crippen molar-refractivity contribution in [1.29, 1.82) is 0 Å². The maximum Gasteiger partial charge on any atom is 0.130 e. The Kier molecular flexibility index (Phi) is 4.18. The molecule has 2 heteroatoms. The molecule has 1 aromatic carbocycles. The second-order valence-electron chi connectivity index (χ2n) is 4.82. The fourth-order valence-corrected chi connectivity index (χ4v) is 2.72. The van der Waals surface area contributed by atoms with Gasteiger partial charge in [-0.1, -0.05) is 49.6 Å². The van der Waals surface area contributed by atoms with Gasteiger partial charge in [-0.2, -0.15) is 0 Å². The smallest absolute Gasteiger partial charge is 0.130 e. The predicted molar refractivity (Wildman–Crippen MR) is 73.5 cm³/mol. The van der Waals surface area contributed by atoms with Crippen molar-refractivity contribution in [3.05, 3.63) is 35.9 Å². The van der Waals surface area contributed by atoms with Crippen LogP contribution >= 0.6 is 0 Å². The Bertz CT molecular complexity index is 364. The molecule has 1 fully saturated rings. The first kappa shape index (κ1) is 12.2. The lowest BCUT2D eigenvalue weighted by Gasteiger charge is -2.33. The third-order valence-electron chi connectivity index (χ3n) is 3.70. The maximum absolute atomic E-state index is 4.48. The summed E-state index contributed by atoms with van der Waals surface area (Å²) in [5.41, 5.74) is 1.23. The summed E-state index contributed by atoms with van der Waals surface area (Å²) in [6.07, 6.45) is 6.74. The molecule has 17 heavy (non-hydrogen) atoms. The number of rotatable bonds is 2. The minimum absolute atomic E-state index is 0.669. The van der Waals surface area contributed by atoms with Crippen molar-refractivity contribution in [3.63, 3.8) is 0 Å². The van der Waals surface area contributed by atoms with Crippen LogP contribution in [-0.4, -0.2) is 30.9 Å². The molecule has 92 valence electrons. The van der Waals surface area contributed by atoms with Gasteiger partial charge in [0.25, 0.3) is 0 Å². The van der Waals surface area contributed by atoms with Gasteiger partial charge in [-0.3, -0.25) is 4.99 Å². The average molecular weight is 230 g/mol. The van der Waals surface area contributed by atoms with Crippen molar-refractivity contribution in [3.8, 4) is 0 Å². The van der Waals surface area contributed by atoms with E-state index in [1.54, 1.807) is 0 Å². The molecule has 0 N–H and O–H groups in total. The predicted octanol–water partition coefficient (Wildman–Crippen LogP) is 3.33. The molecule has 1 aromatic rings. The van der Waals surface area contributed by atoms with E-state index in [0.29, 0.717) is 6.04 Å². The number of nitrogens with zero attached hydrogens (tertiary/aromatic N) is 2. The molecule has 0 aromatic heterocycles. The topological polar surface area (TPSA) is 15.6 Å². The maximum atomic E-state index is 4.48. The molecule has 1 saturated carbocycles. The van der Waals surface area contributed by atoms with E-state index in [2.05, 4.69) is 47.3 Å². The highest BCUT2D eigenvalue weighted by atomic mass is 15.2. The Labute approximate surface area is 104 Å². The molecule has 0 spiro atoms. The highest BCUT2D eigenvalue weighted by molar-refractivity contribution is 5.98. The molecule has 0 atom stereocenters. The van der Waals surface area contributed by atoms with E-state index >= 15 is 0 Å². The lowest BCUT2D eigenvalue weighted by Crippen LogP contribution is -2.38. The minimum Gasteiger partial charge on any atom is -0.357 e. The third kappa shape index (κ3) is 2.87. The van der Waals surface area contributed by atoms with Crippen LogP contribution in [0.15, 0.2) is 35.3 Å². The summed E-state index contributed by atoms with van der Waals surface area (Å²) in [4.78, 5) is 6.85. The largest absolute Gasteiger partial charge is 0.357 e. The SMILES string of the molecule is C/N=C(/c1ccccc1)N(C)C1CCCCC1. The van der Waals surface area contributed by atoms with E-state index in [0.717, 1.165) is 5.84 Å². The van der Waals surface area contributed by atoms with Crippen LogP contribution in [0.3, 0.4) is 0 Å². The molecule has 0 radical (unpaired) electrons. The Morgan fingerprint density at radius 2 is 1.76 bits per heavy atom. The van der Waals surface area contributed by atoms with Crippen molar-refractivity contribution in [2.75, 3.05) is 14.1 Å². The van der Waals surface area contributed by atoms with Crippen LogP contribution in [0.2, 0.25) is 0 Å². The first-order chi connectivity index (χ1) is 8.33. The Morgan fingerprint density at radius 3 is 2.35 bits per heavy atom. The lowest BCUT2D eigenvalue weighted by molar-refractivity contribution is 0.278. The van der Waals surface area contributed by atoms with Crippen molar-refractivity contribution in [1.82, 2.24) is 4.90 Å². The van der Waals surface area contributed by atoms with Gasteiger partial charge < -0.3 is 4.90 Å². The highest BCUT2D eigenvalue weighted by Crippen LogP contribution is 2.23. The van der Waals surface area contributed by atoms with Gasteiger partial charge in [-0.15, -0.1) is 0 Å². The standard InChI is InChI=1S/C15H22N2/c1-16-15(13-9-5-3-6-10-13)17(2)14-11-7-4-8-12-14/h3,5-6,9-10,14H,4,7-8,11-12H2,1-2H3/b16-15-. The Balaban J connectivity index is 2.13. The third-order valence-corrected chi connectivity index (χ3v) is 3.70. The number of amidine groups is 1. The van der Waals surface area contributed by atoms with Crippen LogP contribution < -0.4 is 0 Å². The summed E-state index contributed by atoms with van der Waals surface area (Å²) >= 11 is 0. The molecule has 0 bridgehead atoms. The van der Waals surface area contributed by atoms with Gasteiger partial charge in [0, 0.05) is 25.7 Å². The second-order valence-corrected chi connectivity index (χ2v) is 4.82. The van der Waals surface area contributed by atoms with Crippen LogP contribution in [0.1, 0.15) is 37.7 Å². The van der Waals surface area contributed by atoms with E-state index in [1.807, 2.05) is 7.05 Å². The first-order valence-electron chi connectivity index (χ1n) is 6.58. The Hall–Kier alpha value is -1.31. The van der Waals surface area contributed by atoms with E-state index in [9.17, 15) is 0 Å². The summed E-state index contributed by atoms with van der Waals surface area (Å²) in [7, 11) is 4.08. The molecule has 1 aliphatic carbocycles. The van der Waals surface area contributed by atoms with Crippen LogP contribution in [0.25, 0.3) is 0 Å². The first-order valence-corrected chi connectivity index (χ1v) is 6.58. The number of benzene rings is 1. The molecular weight excluding hydrogens is 208 g/mol. The van der Waals surface area contributed by atoms with Gasteiger partial charge in [-0.25, -0.2) is 0 Å². The fraction of sp³-hybridized carbons (Fsp3) is 0.533. The summed E-state index contributed by atoms with van der Waals surface area (Å²) in [6, 6.07) is 11.2. The quantitative estimate of drug-likeness (QED) is 0.562. The molecule has 0 saturated heterocycles. The monoisotopic (exact) mass is 230 g/mol. The van der Waals surface area contributed by atoms with Crippen LogP contribution in [0, 0.1) is 0 Å². The van der Waals surface area contributed by atoms with Gasteiger partial charge in [0.15, 0.2) is 0 Å². The van der Waals surface area contributed by atoms with Crippen LogP contribution in [0.5, 0.6) is 0 Å². The van der Waals surface area contributed by atoms with Gasteiger partial charge in [-0.05, 0) is 12.8 Å². The van der Waals surface area contributed by atoms with Gasteiger partial charge >= 0.3 is 0 Å². The van der Waals surface area contributed by atoms with Crippen LogP contribution in [0.4, 0.5) is 0 Å². The molecule has 2 nitrogen and oxygen atoms in total. The van der Waals surface area contributed by atoms with E-state index < -0.39 is 0 Å². The molecule has 0 heterocycles. The lowest BCUT2D eigenvalue weighted by atomic mass is 9.94. The highest BCUT2D eigenvalue weighted by Gasteiger charge is 2.20.